The standard InChI is InChI=1S/C58H39NO/c1-57(2)47-19-8-6-18-45(47)56-51(57)23-13-24-53(56)59(38-29-26-36(27-30-38)37-28-33-55-46(34-37)44-17-7-12-25-54(44)60-55)39-31-32-43-42-16-5-11-22-50(42)58(52(43)35-39)48-20-9-3-14-40(48)41-15-4-10-21-49(41)58/h3-35H,1-2H3. The molecule has 60 heavy (non-hydrogen) atoms. The summed E-state index contributed by atoms with van der Waals surface area (Å²) in [6, 6.07) is 74.3. The normalized spacial score (nSPS) is 14.4. The lowest BCUT2D eigenvalue weighted by molar-refractivity contribution is 0.660. The largest absolute Gasteiger partial charge is 0.456 e. The van der Waals surface area contributed by atoms with Gasteiger partial charge in [-0.1, -0.05) is 166 Å². The molecule has 1 aromatic heterocycles. The number of hydrogen-bond donors (Lipinski definition) is 0. The number of anilines is 3. The van der Waals surface area contributed by atoms with Crippen LogP contribution in [0.15, 0.2) is 205 Å². The summed E-state index contributed by atoms with van der Waals surface area (Å²) < 4.78 is 6.19. The lowest BCUT2D eigenvalue weighted by atomic mass is 9.70. The molecule has 3 aliphatic rings. The number of fused-ring (bicyclic) bond motifs is 16. The van der Waals surface area contributed by atoms with Crippen LogP contribution in [0.1, 0.15) is 47.2 Å². The van der Waals surface area contributed by atoms with Crippen molar-refractivity contribution in [3.8, 4) is 44.5 Å². The average Bonchev–Trinajstić information content (AvgIpc) is 3.99. The maximum atomic E-state index is 6.19. The molecule has 282 valence electrons. The Hall–Kier alpha value is -7.42. The minimum absolute atomic E-state index is 0.131. The van der Waals surface area contributed by atoms with Gasteiger partial charge in [0.1, 0.15) is 11.2 Å². The molecule has 1 spiro atoms. The van der Waals surface area contributed by atoms with Gasteiger partial charge in [0, 0.05) is 33.1 Å². The molecule has 0 saturated carbocycles. The highest BCUT2D eigenvalue weighted by Gasteiger charge is 2.51. The number of nitrogens with zero attached hydrogens (tertiary/aromatic N) is 1. The number of hydrogen-bond acceptors (Lipinski definition) is 2. The van der Waals surface area contributed by atoms with Crippen LogP contribution in [-0.2, 0) is 10.8 Å². The molecule has 0 unspecified atom stereocenters. The molecular weight excluding hydrogens is 727 g/mol. The summed E-state index contributed by atoms with van der Waals surface area (Å²) in [5.41, 5.74) is 23.0. The van der Waals surface area contributed by atoms with E-state index in [4.69, 9.17) is 4.42 Å². The van der Waals surface area contributed by atoms with Crippen LogP contribution in [-0.4, -0.2) is 0 Å². The molecule has 0 atom stereocenters. The molecule has 2 heteroatoms. The molecule has 0 radical (unpaired) electrons. The summed E-state index contributed by atoms with van der Waals surface area (Å²) in [7, 11) is 0. The van der Waals surface area contributed by atoms with Crippen molar-refractivity contribution in [2.75, 3.05) is 4.90 Å². The predicted molar refractivity (Wildman–Crippen MR) is 248 cm³/mol. The van der Waals surface area contributed by atoms with E-state index in [1.165, 1.54) is 78.0 Å². The fourth-order valence-electron chi connectivity index (χ4n) is 11.3. The quantitative estimate of drug-likeness (QED) is 0.177. The van der Waals surface area contributed by atoms with Crippen molar-refractivity contribution >= 4 is 39.0 Å². The van der Waals surface area contributed by atoms with E-state index in [1.807, 2.05) is 12.1 Å². The van der Waals surface area contributed by atoms with Gasteiger partial charge in [-0.05, 0) is 121 Å². The second-order valence-corrected chi connectivity index (χ2v) is 17.2. The monoisotopic (exact) mass is 765 g/mol. The average molecular weight is 766 g/mol. The Kier molecular flexibility index (Phi) is 6.74. The van der Waals surface area contributed by atoms with Crippen molar-refractivity contribution in [2.45, 2.75) is 24.7 Å². The fourth-order valence-corrected chi connectivity index (χ4v) is 11.3. The molecule has 3 aliphatic carbocycles. The highest BCUT2D eigenvalue weighted by Crippen LogP contribution is 2.63. The van der Waals surface area contributed by atoms with Crippen LogP contribution in [0.25, 0.3) is 66.4 Å². The Balaban J connectivity index is 1.04. The van der Waals surface area contributed by atoms with Gasteiger partial charge < -0.3 is 9.32 Å². The SMILES string of the molecule is CC1(C)c2ccccc2-c2c(N(c3ccc(-c4ccc5oc6ccccc6c5c4)cc3)c3ccc4c(c3)C3(c5ccccc5-c5ccccc53)c3ccccc3-4)cccc21. The lowest BCUT2D eigenvalue weighted by Crippen LogP contribution is -2.26. The van der Waals surface area contributed by atoms with E-state index in [0.717, 1.165) is 38.9 Å². The first-order valence-electron chi connectivity index (χ1n) is 21.0. The van der Waals surface area contributed by atoms with Gasteiger partial charge in [-0.25, -0.2) is 0 Å². The molecule has 9 aromatic carbocycles. The number of benzene rings is 9. The van der Waals surface area contributed by atoms with E-state index in [2.05, 4.69) is 207 Å². The Morgan fingerprint density at radius 3 is 1.60 bits per heavy atom. The Labute approximate surface area is 349 Å². The highest BCUT2D eigenvalue weighted by atomic mass is 16.3. The van der Waals surface area contributed by atoms with Gasteiger partial charge in [-0.15, -0.1) is 0 Å². The summed E-state index contributed by atoms with van der Waals surface area (Å²) in [6.45, 7) is 4.73. The molecule has 10 aromatic rings. The van der Waals surface area contributed by atoms with Crippen LogP contribution >= 0.6 is 0 Å². The molecule has 0 N–H and O–H groups in total. The van der Waals surface area contributed by atoms with Gasteiger partial charge in [0.25, 0.3) is 0 Å². The van der Waals surface area contributed by atoms with Crippen molar-refractivity contribution in [3.05, 3.63) is 234 Å². The first-order valence-corrected chi connectivity index (χ1v) is 21.0. The zero-order valence-electron chi connectivity index (χ0n) is 33.4. The minimum Gasteiger partial charge on any atom is -0.456 e. The van der Waals surface area contributed by atoms with Crippen molar-refractivity contribution in [3.63, 3.8) is 0 Å². The van der Waals surface area contributed by atoms with Crippen LogP contribution in [0, 0.1) is 0 Å². The van der Waals surface area contributed by atoms with Gasteiger partial charge in [0.15, 0.2) is 0 Å². The van der Waals surface area contributed by atoms with E-state index < -0.39 is 5.41 Å². The zero-order valence-corrected chi connectivity index (χ0v) is 33.4. The second-order valence-electron chi connectivity index (χ2n) is 17.2. The third-order valence-electron chi connectivity index (χ3n) is 13.9. The van der Waals surface area contributed by atoms with Crippen molar-refractivity contribution in [2.24, 2.45) is 0 Å². The van der Waals surface area contributed by atoms with Crippen molar-refractivity contribution in [1.82, 2.24) is 0 Å². The van der Waals surface area contributed by atoms with Crippen LogP contribution in [0.5, 0.6) is 0 Å². The maximum Gasteiger partial charge on any atom is 0.135 e. The zero-order chi connectivity index (χ0) is 39.7. The van der Waals surface area contributed by atoms with E-state index >= 15 is 0 Å². The van der Waals surface area contributed by atoms with Gasteiger partial charge >= 0.3 is 0 Å². The molecule has 0 amide bonds. The third-order valence-corrected chi connectivity index (χ3v) is 13.9. The summed E-state index contributed by atoms with van der Waals surface area (Å²) in [6.07, 6.45) is 0. The molecule has 2 nitrogen and oxygen atoms in total. The van der Waals surface area contributed by atoms with Gasteiger partial charge in [0.2, 0.25) is 0 Å². The Morgan fingerprint density at radius 1 is 0.367 bits per heavy atom. The van der Waals surface area contributed by atoms with Crippen molar-refractivity contribution in [1.29, 1.82) is 0 Å². The number of furan rings is 1. The van der Waals surface area contributed by atoms with E-state index in [1.54, 1.807) is 0 Å². The van der Waals surface area contributed by atoms with E-state index in [9.17, 15) is 0 Å². The number of rotatable bonds is 4. The number of para-hydroxylation sites is 1. The lowest BCUT2D eigenvalue weighted by Gasteiger charge is -2.33. The molecule has 0 aliphatic heterocycles. The molecule has 13 rings (SSSR count). The topological polar surface area (TPSA) is 16.4 Å². The molecule has 0 fully saturated rings. The van der Waals surface area contributed by atoms with Gasteiger partial charge in [-0.3, -0.25) is 0 Å². The summed E-state index contributed by atoms with van der Waals surface area (Å²) in [4.78, 5) is 2.51. The summed E-state index contributed by atoms with van der Waals surface area (Å²) in [5, 5.41) is 2.28. The van der Waals surface area contributed by atoms with Gasteiger partial charge in [0.05, 0.1) is 11.1 Å². The summed E-state index contributed by atoms with van der Waals surface area (Å²) in [5.74, 6) is 0. The van der Waals surface area contributed by atoms with E-state index in [-0.39, 0.29) is 5.41 Å². The first kappa shape index (κ1) is 33.5. The second kappa shape index (κ2) is 12.1. The molecular formula is C58H39NO. The highest BCUT2D eigenvalue weighted by molar-refractivity contribution is 6.06. The van der Waals surface area contributed by atoms with Crippen molar-refractivity contribution < 1.29 is 4.42 Å². The van der Waals surface area contributed by atoms with Crippen LogP contribution in [0.3, 0.4) is 0 Å². The molecule has 1 heterocycles. The fraction of sp³-hybridized carbons (Fsp3) is 0.0690. The van der Waals surface area contributed by atoms with Crippen LogP contribution < -0.4 is 4.90 Å². The van der Waals surface area contributed by atoms with E-state index in [0.29, 0.717) is 0 Å². The van der Waals surface area contributed by atoms with Crippen LogP contribution in [0.4, 0.5) is 17.1 Å². The third kappa shape index (κ3) is 4.32. The molecule has 0 bridgehead atoms. The van der Waals surface area contributed by atoms with Gasteiger partial charge in [-0.2, -0.15) is 0 Å². The summed E-state index contributed by atoms with van der Waals surface area (Å²) >= 11 is 0. The molecule has 0 saturated heterocycles. The smallest absolute Gasteiger partial charge is 0.135 e. The first-order chi connectivity index (χ1) is 29.5. The van der Waals surface area contributed by atoms with Crippen LogP contribution in [0.2, 0.25) is 0 Å². The maximum absolute atomic E-state index is 6.19. The minimum atomic E-state index is -0.437. The predicted octanol–water partition coefficient (Wildman–Crippen LogP) is 15.4. The Morgan fingerprint density at radius 2 is 0.900 bits per heavy atom. The Bertz CT molecular complexity index is 3360.